The lowest BCUT2D eigenvalue weighted by Crippen LogP contribution is -1.87. The molecule has 0 aliphatic heterocycles. The van der Waals surface area contributed by atoms with Gasteiger partial charge >= 0.3 is 0 Å². The van der Waals surface area contributed by atoms with E-state index in [0.29, 0.717) is 32.4 Å². The molecule has 0 aromatic carbocycles. The van der Waals surface area contributed by atoms with Crippen molar-refractivity contribution in [2.75, 3.05) is 0 Å². The van der Waals surface area contributed by atoms with Gasteiger partial charge in [-0.2, -0.15) is 5.10 Å². The Kier molecular flexibility index (Phi) is 2.72. The van der Waals surface area contributed by atoms with E-state index in [9.17, 15) is 4.79 Å². The number of halogens is 2. The van der Waals surface area contributed by atoms with Crippen LogP contribution in [-0.4, -0.2) is 15.9 Å². The van der Waals surface area contributed by atoms with Crippen LogP contribution in [0.15, 0.2) is 39.4 Å². The molecule has 0 atom stereocenters. The van der Waals surface area contributed by atoms with E-state index in [0.717, 1.165) is 6.29 Å². The van der Waals surface area contributed by atoms with Crippen LogP contribution < -0.4 is 0 Å². The number of aldehydes is 1. The molecule has 18 heavy (non-hydrogen) atoms. The van der Waals surface area contributed by atoms with Crippen LogP contribution >= 0.6 is 27.5 Å². The van der Waals surface area contributed by atoms with E-state index < -0.39 is 0 Å². The fourth-order valence-corrected chi connectivity index (χ4v) is 2.30. The minimum Gasteiger partial charge on any atom is -0.448 e. The highest BCUT2D eigenvalue weighted by Crippen LogP contribution is 2.29. The monoisotopic (exact) mass is 324 g/mol. The van der Waals surface area contributed by atoms with Gasteiger partial charge in [0.05, 0.1) is 11.1 Å². The molecule has 0 aliphatic rings. The van der Waals surface area contributed by atoms with Crippen LogP contribution in [-0.2, 0) is 0 Å². The maximum atomic E-state index is 11.2. The van der Waals surface area contributed by atoms with Crippen LogP contribution in [0.2, 0.25) is 5.15 Å². The average Bonchev–Trinajstić information content (AvgIpc) is 2.93. The number of aromatic nitrogens is 2. The summed E-state index contributed by atoms with van der Waals surface area (Å²) in [6.07, 6.45) is 0.754. The summed E-state index contributed by atoms with van der Waals surface area (Å²) in [5.41, 5.74) is 1.59. The lowest BCUT2D eigenvalue weighted by Gasteiger charge is -1.94. The molecule has 0 spiro atoms. The lowest BCUT2D eigenvalue weighted by molar-refractivity contribution is 0.112. The van der Waals surface area contributed by atoms with Crippen molar-refractivity contribution in [2.24, 2.45) is 0 Å². The predicted molar refractivity (Wildman–Crippen MR) is 71.0 cm³/mol. The van der Waals surface area contributed by atoms with E-state index in [1.165, 1.54) is 4.52 Å². The van der Waals surface area contributed by atoms with Crippen molar-refractivity contribution in [3.05, 3.63) is 45.7 Å². The SMILES string of the molecule is O=Cc1c(-c2ccc(Br)o2)nn2c(Cl)cccc12. The Morgan fingerprint density at radius 1 is 1.33 bits per heavy atom. The third-order valence-electron chi connectivity index (χ3n) is 2.57. The summed E-state index contributed by atoms with van der Waals surface area (Å²) < 4.78 is 7.51. The van der Waals surface area contributed by atoms with Crippen molar-refractivity contribution in [3.63, 3.8) is 0 Å². The molecule has 0 saturated carbocycles. The molecule has 0 saturated heterocycles. The molecule has 3 aromatic rings. The number of furan rings is 1. The van der Waals surface area contributed by atoms with Crippen LogP contribution in [0, 0.1) is 0 Å². The summed E-state index contributed by atoms with van der Waals surface area (Å²) in [6, 6.07) is 8.75. The molecule has 3 heterocycles. The second-order valence-corrected chi connectivity index (χ2v) is 4.80. The van der Waals surface area contributed by atoms with E-state index in [4.69, 9.17) is 16.0 Å². The smallest absolute Gasteiger partial charge is 0.169 e. The first kappa shape index (κ1) is 11.5. The van der Waals surface area contributed by atoms with E-state index in [1.54, 1.807) is 30.3 Å². The predicted octanol–water partition coefficient (Wildman–Crippen LogP) is 3.82. The Morgan fingerprint density at radius 3 is 2.83 bits per heavy atom. The van der Waals surface area contributed by atoms with Gasteiger partial charge in [-0.25, -0.2) is 4.52 Å². The Labute approximate surface area is 115 Å². The van der Waals surface area contributed by atoms with Gasteiger partial charge < -0.3 is 4.42 Å². The topological polar surface area (TPSA) is 47.5 Å². The van der Waals surface area contributed by atoms with Gasteiger partial charge in [-0.05, 0) is 40.2 Å². The molecule has 6 heteroatoms. The van der Waals surface area contributed by atoms with Crippen LogP contribution in [0.25, 0.3) is 17.0 Å². The molecule has 90 valence electrons. The molecule has 0 aliphatic carbocycles. The molecule has 0 fully saturated rings. The van der Waals surface area contributed by atoms with Gasteiger partial charge in [0.15, 0.2) is 16.7 Å². The third kappa shape index (κ3) is 1.67. The first-order valence-electron chi connectivity index (χ1n) is 5.09. The normalized spacial score (nSPS) is 11.0. The molecule has 0 amide bonds. The zero-order valence-corrected chi connectivity index (χ0v) is 11.3. The van der Waals surface area contributed by atoms with Gasteiger partial charge in [0.25, 0.3) is 0 Å². The standard InChI is InChI=1S/C12H6BrClN2O2/c13-10-5-4-9(18-10)12-7(6-17)8-2-1-3-11(14)16(8)15-12/h1-6H. The number of hydrogen-bond donors (Lipinski definition) is 0. The molecular weight excluding hydrogens is 320 g/mol. The van der Waals surface area contributed by atoms with E-state index in [1.807, 2.05) is 0 Å². The van der Waals surface area contributed by atoms with Gasteiger partial charge in [-0.3, -0.25) is 4.79 Å². The number of nitrogens with zero attached hydrogens (tertiary/aromatic N) is 2. The van der Waals surface area contributed by atoms with Crippen molar-refractivity contribution in [1.82, 2.24) is 9.61 Å². The first-order valence-corrected chi connectivity index (χ1v) is 6.26. The molecule has 3 rings (SSSR count). The molecule has 3 aromatic heterocycles. The number of pyridine rings is 1. The van der Waals surface area contributed by atoms with Gasteiger partial charge in [-0.1, -0.05) is 17.7 Å². The van der Waals surface area contributed by atoms with Gasteiger partial charge in [-0.15, -0.1) is 0 Å². The van der Waals surface area contributed by atoms with Gasteiger partial charge in [0.2, 0.25) is 0 Å². The van der Waals surface area contributed by atoms with E-state index in [-0.39, 0.29) is 0 Å². The molecule has 0 N–H and O–H groups in total. The minimum absolute atomic E-state index is 0.437. The largest absolute Gasteiger partial charge is 0.448 e. The summed E-state index contributed by atoms with van der Waals surface area (Å²) >= 11 is 9.26. The van der Waals surface area contributed by atoms with Gasteiger partial charge in [0.1, 0.15) is 10.8 Å². The third-order valence-corrected chi connectivity index (χ3v) is 3.29. The van der Waals surface area contributed by atoms with Crippen LogP contribution in [0.4, 0.5) is 0 Å². The highest BCUT2D eigenvalue weighted by atomic mass is 79.9. The van der Waals surface area contributed by atoms with Crippen LogP contribution in [0.1, 0.15) is 10.4 Å². The maximum Gasteiger partial charge on any atom is 0.169 e. The fraction of sp³-hybridized carbons (Fsp3) is 0. The maximum absolute atomic E-state index is 11.2. The Balaban J connectivity index is 2.36. The van der Waals surface area contributed by atoms with E-state index in [2.05, 4.69) is 21.0 Å². The summed E-state index contributed by atoms with van der Waals surface area (Å²) in [5.74, 6) is 0.517. The van der Waals surface area contributed by atoms with Crippen molar-refractivity contribution in [2.45, 2.75) is 0 Å². The summed E-state index contributed by atoms with van der Waals surface area (Å²) in [6.45, 7) is 0. The molecule has 0 radical (unpaired) electrons. The second-order valence-electron chi connectivity index (χ2n) is 3.63. The minimum atomic E-state index is 0.437. The average molecular weight is 326 g/mol. The summed E-state index contributed by atoms with van der Waals surface area (Å²) in [4.78, 5) is 11.2. The van der Waals surface area contributed by atoms with Crippen LogP contribution in [0.5, 0.6) is 0 Å². The Hall–Kier alpha value is -1.59. The van der Waals surface area contributed by atoms with Gasteiger partial charge in [0, 0.05) is 0 Å². The Morgan fingerprint density at radius 2 is 2.17 bits per heavy atom. The molecule has 0 bridgehead atoms. The number of carbonyl (C=O) groups excluding carboxylic acids is 1. The summed E-state index contributed by atoms with van der Waals surface area (Å²) in [5, 5.41) is 4.74. The highest BCUT2D eigenvalue weighted by Gasteiger charge is 2.17. The quantitative estimate of drug-likeness (QED) is 0.531. The zero-order valence-electron chi connectivity index (χ0n) is 8.93. The van der Waals surface area contributed by atoms with Crippen molar-refractivity contribution in [3.8, 4) is 11.5 Å². The molecular formula is C12H6BrClN2O2. The number of carbonyl (C=O) groups is 1. The highest BCUT2D eigenvalue weighted by molar-refractivity contribution is 9.10. The summed E-state index contributed by atoms with van der Waals surface area (Å²) in [7, 11) is 0. The lowest BCUT2D eigenvalue weighted by atomic mass is 10.2. The molecule has 4 nitrogen and oxygen atoms in total. The molecule has 0 unspecified atom stereocenters. The van der Waals surface area contributed by atoms with Crippen molar-refractivity contribution in [1.29, 1.82) is 0 Å². The number of hydrogen-bond acceptors (Lipinski definition) is 3. The second kappa shape index (κ2) is 4.26. The zero-order chi connectivity index (χ0) is 12.7. The van der Waals surface area contributed by atoms with E-state index >= 15 is 0 Å². The number of fused-ring (bicyclic) bond motifs is 1. The van der Waals surface area contributed by atoms with Crippen molar-refractivity contribution < 1.29 is 9.21 Å². The number of rotatable bonds is 2. The first-order chi connectivity index (χ1) is 8.70. The Bertz CT molecular complexity index is 748. The van der Waals surface area contributed by atoms with Crippen LogP contribution in [0.3, 0.4) is 0 Å². The van der Waals surface area contributed by atoms with Crippen molar-refractivity contribution >= 4 is 39.3 Å². The fourth-order valence-electron chi connectivity index (χ4n) is 1.80.